The molecule has 0 spiro atoms. The molecule has 0 bridgehead atoms. The molecule has 0 heterocycles. The van der Waals surface area contributed by atoms with Crippen LogP contribution in [0.5, 0.6) is 0 Å². The van der Waals surface area contributed by atoms with Crippen LogP contribution in [0.25, 0.3) is 0 Å². The molecular formula is C9H14O7. The summed E-state index contributed by atoms with van der Waals surface area (Å²) in [7, 11) is 0. The van der Waals surface area contributed by atoms with Gasteiger partial charge < -0.3 is 20.4 Å². The van der Waals surface area contributed by atoms with E-state index in [2.05, 4.69) is 13.2 Å². The van der Waals surface area contributed by atoms with Crippen LogP contribution in [0.1, 0.15) is 6.92 Å². The first-order valence-electron chi connectivity index (χ1n) is 3.80. The van der Waals surface area contributed by atoms with Gasteiger partial charge in [0.2, 0.25) is 0 Å². The molecule has 0 aliphatic heterocycles. The van der Waals surface area contributed by atoms with Gasteiger partial charge in [-0.15, -0.1) is 0 Å². The second-order valence-corrected chi connectivity index (χ2v) is 2.10. The Kier molecular flexibility index (Phi) is 15.6. The van der Waals surface area contributed by atoms with Crippen molar-refractivity contribution in [3.8, 4) is 0 Å². The zero-order chi connectivity index (χ0) is 13.7. The van der Waals surface area contributed by atoms with Crippen molar-refractivity contribution >= 4 is 17.9 Å². The number of aliphatic hydroxyl groups is 1. The van der Waals surface area contributed by atoms with Crippen molar-refractivity contribution in [2.75, 3.05) is 0 Å². The molecule has 7 heteroatoms. The number of carboxylic acids is 3. The van der Waals surface area contributed by atoms with Crippen LogP contribution in [-0.4, -0.2) is 44.4 Å². The molecule has 0 saturated carbocycles. The smallest absolute Gasteiger partial charge is 0.332 e. The Morgan fingerprint density at radius 2 is 1.12 bits per heavy atom. The molecule has 0 saturated heterocycles. The largest absolute Gasteiger partial charge is 0.479 e. The standard InChI is InChI=1S/C3H6O3.2C3H4O2/c1-2(4)3(5)6;2*1-2-3(4)5/h2,4H,1H3,(H,5,6);2*2H,1H2,(H,4,5). The highest BCUT2D eigenvalue weighted by molar-refractivity contribution is 5.79. The number of aliphatic hydroxyl groups excluding tert-OH is 1. The summed E-state index contributed by atoms with van der Waals surface area (Å²) in [6.07, 6.45) is 0.435. The summed E-state index contributed by atoms with van der Waals surface area (Å²) in [5.74, 6) is -3.15. The molecule has 4 N–H and O–H groups in total. The molecule has 16 heavy (non-hydrogen) atoms. The number of carboxylic acid groups (broad SMARTS) is 3. The predicted octanol–water partition coefficient (Wildman–Crippen LogP) is -0.0342. The summed E-state index contributed by atoms with van der Waals surface area (Å²) in [4.78, 5) is 27.9. The Morgan fingerprint density at radius 3 is 1.12 bits per heavy atom. The van der Waals surface area contributed by atoms with Crippen molar-refractivity contribution in [1.29, 1.82) is 0 Å². The van der Waals surface area contributed by atoms with Crippen LogP contribution in [-0.2, 0) is 14.4 Å². The summed E-state index contributed by atoms with van der Waals surface area (Å²) in [6, 6.07) is 0. The minimum Gasteiger partial charge on any atom is -0.479 e. The molecule has 0 fully saturated rings. The van der Waals surface area contributed by atoms with Crippen molar-refractivity contribution in [3.05, 3.63) is 25.3 Å². The van der Waals surface area contributed by atoms with Gasteiger partial charge in [0, 0.05) is 12.2 Å². The van der Waals surface area contributed by atoms with Gasteiger partial charge in [-0.3, -0.25) is 0 Å². The molecule has 0 aromatic heterocycles. The second kappa shape index (κ2) is 12.8. The Labute approximate surface area is 92.0 Å². The highest BCUT2D eigenvalue weighted by atomic mass is 16.4. The van der Waals surface area contributed by atoms with Crippen LogP contribution in [0, 0.1) is 0 Å². The first-order valence-corrected chi connectivity index (χ1v) is 3.80. The minimum absolute atomic E-state index is 0.833. The lowest BCUT2D eigenvalue weighted by Gasteiger charge is -1.89. The predicted molar refractivity (Wildman–Crippen MR) is 55.0 cm³/mol. The third-order valence-electron chi connectivity index (χ3n) is 0.707. The average molecular weight is 234 g/mol. The molecule has 7 nitrogen and oxygen atoms in total. The molecule has 0 radical (unpaired) electrons. The fraction of sp³-hybridized carbons (Fsp3) is 0.222. The van der Waals surface area contributed by atoms with Gasteiger partial charge in [0.25, 0.3) is 0 Å². The first-order chi connectivity index (χ1) is 7.18. The lowest BCUT2D eigenvalue weighted by atomic mass is 10.4. The van der Waals surface area contributed by atoms with Crippen LogP contribution in [0.2, 0.25) is 0 Å². The topological polar surface area (TPSA) is 132 Å². The molecule has 0 aromatic rings. The monoisotopic (exact) mass is 234 g/mol. The number of rotatable bonds is 3. The Balaban J connectivity index is -0.000000160. The highest BCUT2D eigenvalue weighted by Crippen LogP contribution is 1.73. The van der Waals surface area contributed by atoms with Gasteiger partial charge >= 0.3 is 17.9 Å². The summed E-state index contributed by atoms with van der Waals surface area (Å²) in [6.45, 7) is 7.12. The van der Waals surface area contributed by atoms with Gasteiger partial charge in [-0.05, 0) is 6.92 Å². The van der Waals surface area contributed by atoms with Gasteiger partial charge in [0.15, 0.2) is 0 Å². The third kappa shape index (κ3) is 40.8. The summed E-state index contributed by atoms with van der Waals surface area (Å²) in [5, 5.41) is 31.0. The fourth-order valence-electron chi connectivity index (χ4n) is 0. The van der Waals surface area contributed by atoms with E-state index in [0.717, 1.165) is 12.2 Å². The van der Waals surface area contributed by atoms with Gasteiger partial charge in [0.05, 0.1) is 0 Å². The van der Waals surface area contributed by atoms with Crippen LogP contribution in [0.15, 0.2) is 25.3 Å². The van der Waals surface area contributed by atoms with E-state index < -0.39 is 24.0 Å². The summed E-state index contributed by atoms with van der Waals surface area (Å²) >= 11 is 0. The SMILES string of the molecule is C=CC(=O)O.C=CC(=O)O.CC(O)C(=O)O. The lowest BCUT2D eigenvalue weighted by Crippen LogP contribution is -2.13. The molecule has 0 aliphatic carbocycles. The Hall–Kier alpha value is -2.15. The van der Waals surface area contributed by atoms with Gasteiger partial charge in [0.1, 0.15) is 6.10 Å². The van der Waals surface area contributed by atoms with Crippen LogP contribution >= 0.6 is 0 Å². The molecule has 1 atom stereocenters. The summed E-state index contributed by atoms with van der Waals surface area (Å²) in [5.41, 5.74) is 0. The van der Waals surface area contributed by atoms with E-state index in [-0.39, 0.29) is 0 Å². The maximum atomic E-state index is 9.45. The van der Waals surface area contributed by atoms with Crippen molar-refractivity contribution in [3.63, 3.8) is 0 Å². The van der Waals surface area contributed by atoms with E-state index in [4.69, 9.17) is 20.4 Å². The molecule has 0 rings (SSSR count). The zero-order valence-corrected chi connectivity index (χ0v) is 8.66. The van der Waals surface area contributed by atoms with Crippen molar-refractivity contribution in [2.24, 2.45) is 0 Å². The quantitative estimate of drug-likeness (QED) is 0.504. The van der Waals surface area contributed by atoms with E-state index in [1.807, 2.05) is 0 Å². The van der Waals surface area contributed by atoms with Crippen LogP contribution < -0.4 is 0 Å². The fourth-order valence-corrected chi connectivity index (χ4v) is 0. The Morgan fingerprint density at radius 1 is 1.00 bits per heavy atom. The Bertz CT molecular complexity index is 237. The molecule has 92 valence electrons. The van der Waals surface area contributed by atoms with E-state index in [0.29, 0.717) is 0 Å². The zero-order valence-electron chi connectivity index (χ0n) is 8.66. The third-order valence-corrected chi connectivity index (χ3v) is 0.707. The molecule has 1 unspecified atom stereocenters. The molecular weight excluding hydrogens is 220 g/mol. The summed E-state index contributed by atoms with van der Waals surface area (Å²) < 4.78 is 0. The van der Waals surface area contributed by atoms with Crippen molar-refractivity contribution < 1.29 is 34.8 Å². The average Bonchev–Trinajstić information content (AvgIpc) is 2.19. The number of carbonyl (C=O) groups is 3. The number of hydrogen-bond acceptors (Lipinski definition) is 4. The number of hydrogen-bond donors (Lipinski definition) is 4. The van der Waals surface area contributed by atoms with E-state index in [9.17, 15) is 14.4 Å². The van der Waals surface area contributed by atoms with Gasteiger partial charge in [-0.1, -0.05) is 13.2 Å². The van der Waals surface area contributed by atoms with E-state index in [1.54, 1.807) is 0 Å². The number of aliphatic carboxylic acids is 3. The lowest BCUT2D eigenvalue weighted by molar-refractivity contribution is -0.145. The van der Waals surface area contributed by atoms with Crippen molar-refractivity contribution in [1.82, 2.24) is 0 Å². The van der Waals surface area contributed by atoms with Gasteiger partial charge in [-0.2, -0.15) is 0 Å². The van der Waals surface area contributed by atoms with Crippen molar-refractivity contribution in [2.45, 2.75) is 13.0 Å². The van der Waals surface area contributed by atoms with Crippen LogP contribution in [0.3, 0.4) is 0 Å². The normalized spacial score (nSPS) is 9.12. The molecule has 0 aromatic carbocycles. The maximum absolute atomic E-state index is 9.45. The minimum atomic E-state index is -1.23. The molecule has 0 amide bonds. The highest BCUT2D eigenvalue weighted by Gasteiger charge is 2.01. The second-order valence-electron chi connectivity index (χ2n) is 2.10. The van der Waals surface area contributed by atoms with Gasteiger partial charge in [-0.25, -0.2) is 14.4 Å². The van der Waals surface area contributed by atoms with Crippen LogP contribution in [0.4, 0.5) is 0 Å². The van der Waals surface area contributed by atoms with E-state index >= 15 is 0 Å². The van der Waals surface area contributed by atoms with E-state index in [1.165, 1.54) is 6.92 Å². The molecule has 0 aliphatic rings. The maximum Gasteiger partial charge on any atom is 0.332 e. The first kappa shape index (κ1) is 19.4.